The second-order valence-electron chi connectivity index (χ2n) is 4.81. The summed E-state index contributed by atoms with van der Waals surface area (Å²) in [7, 11) is 1.64. The summed E-state index contributed by atoms with van der Waals surface area (Å²) in [6.45, 7) is 10.2. The molecular formula is C17H25NO3. The van der Waals surface area contributed by atoms with Gasteiger partial charge >= 0.3 is 0 Å². The van der Waals surface area contributed by atoms with Gasteiger partial charge in [-0.15, -0.1) is 13.2 Å². The van der Waals surface area contributed by atoms with Gasteiger partial charge in [0, 0.05) is 19.6 Å². The van der Waals surface area contributed by atoms with Gasteiger partial charge in [0.2, 0.25) is 0 Å². The van der Waals surface area contributed by atoms with E-state index in [1.807, 2.05) is 36.4 Å². The van der Waals surface area contributed by atoms with Crippen molar-refractivity contribution in [1.82, 2.24) is 4.90 Å². The zero-order valence-electron chi connectivity index (χ0n) is 12.7. The van der Waals surface area contributed by atoms with Crippen LogP contribution in [0.2, 0.25) is 0 Å². The Morgan fingerprint density at radius 1 is 1.19 bits per heavy atom. The molecule has 0 saturated heterocycles. The second kappa shape index (κ2) is 10.2. The maximum absolute atomic E-state index is 9.98. The maximum atomic E-state index is 9.98. The first-order valence-corrected chi connectivity index (χ1v) is 7.02. The van der Waals surface area contributed by atoms with Gasteiger partial charge in [-0.1, -0.05) is 24.3 Å². The highest BCUT2D eigenvalue weighted by Crippen LogP contribution is 2.12. The number of aliphatic hydroxyl groups excluding tert-OH is 1. The van der Waals surface area contributed by atoms with E-state index in [0.29, 0.717) is 19.8 Å². The average molecular weight is 291 g/mol. The van der Waals surface area contributed by atoms with Crippen molar-refractivity contribution >= 4 is 0 Å². The first-order valence-electron chi connectivity index (χ1n) is 7.02. The molecule has 0 aliphatic carbocycles. The molecule has 0 spiro atoms. The molecule has 0 fully saturated rings. The summed E-state index contributed by atoms with van der Waals surface area (Å²) in [6.07, 6.45) is 3.10. The van der Waals surface area contributed by atoms with Crippen LogP contribution in [0.5, 0.6) is 5.75 Å². The Labute approximate surface area is 127 Å². The van der Waals surface area contributed by atoms with Gasteiger partial charge in [0.1, 0.15) is 5.75 Å². The van der Waals surface area contributed by atoms with E-state index in [1.54, 1.807) is 7.11 Å². The smallest absolute Gasteiger partial charge is 0.118 e. The van der Waals surface area contributed by atoms with Crippen molar-refractivity contribution in [2.45, 2.75) is 12.7 Å². The van der Waals surface area contributed by atoms with Gasteiger partial charge in [-0.3, -0.25) is 4.90 Å². The predicted octanol–water partition coefficient (Wildman–Crippen LogP) is 2.25. The highest BCUT2D eigenvalue weighted by molar-refractivity contribution is 5.26. The molecule has 0 bridgehead atoms. The Morgan fingerprint density at radius 2 is 1.81 bits per heavy atom. The number of methoxy groups -OCH3 is 1. The highest BCUT2D eigenvalue weighted by atomic mass is 16.5. The molecule has 0 heterocycles. The topological polar surface area (TPSA) is 41.9 Å². The third-order valence-electron chi connectivity index (χ3n) is 2.98. The van der Waals surface area contributed by atoms with Gasteiger partial charge in [-0.25, -0.2) is 0 Å². The summed E-state index contributed by atoms with van der Waals surface area (Å²) in [6, 6.07) is 7.69. The predicted molar refractivity (Wildman–Crippen MR) is 85.5 cm³/mol. The fraction of sp³-hybridized carbons (Fsp3) is 0.412. The molecule has 0 unspecified atom stereocenters. The summed E-state index contributed by atoms with van der Waals surface area (Å²) < 4.78 is 10.6. The van der Waals surface area contributed by atoms with Crippen LogP contribution in [-0.2, 0) is 11.3 Å². The maximum Gasteiger partial charge on any atom is 0.118 e. The SMILES string of the molecule is C=CCN(CC=C)C[C@H](O)COCc1ccc(OC)cc1. The molecule has 0 aliphatic rings. The van der Waals surface area contributed by atoms with Crippen molar-refractivity contribution in [1.29, 1.82) is 0 Å². The number of benzene rings is 1. The van der Waals surface area contributed by atoms with E-state index in [-0.39, 0.29) is 0 Å². The van der Waals surface area contributed by atoms with Crippen LogP contribution < -0.4 is 4.74 Å². The quantitative estimate of drug-likeness (QED) is 0.635. The van der Waals surface area contributed by atoms with Crippen LogP contribution in [0, 0.1) is 0 Å². The zero-order chi connectivity index (χ0) is 15.5. The lowest BCUT2D eigenvalue weighted by molar-refractivity contribution is 0.0132. The van der Waals surface area contributed by atoms with Crippen LogP contribution in [0.4, 0.5) is 0 Å². The first-order chi connectivity index (χ1) is 10.2. The van der Waals surface area contributed by atoms with Crippen LogP contribution in [0.15, 0.2) is 49.6 Å². The highest BCUT2D eigenvalue weighted by Gasteiger charge is 2.09. The fourth-order valence-corrected chi connectivity index (χ4v) is 1.97. The molecular weight excluding hydrogens is 266 g/mol. The molecule has 1 rings (SSSR count). The number of nitrogens with zero attached hydrogens (tertiary/aromatic N) is 1. The summed E-state index contributed by atoms with van der Waals surface area (Å²) in [5, 5.41) is 9.98. The van der Waals surface area contributed by atoms with Gasteiger partial charge < -0.3 is 14.6 Å². The Hall–Kier alpha value is -1.62. The molecule has 1 aromatic rings. The Kier molecular flexibility index (Phi) is 8.43. The number of aliphatic hydroxyl groups is 1. The fourth-order valence-electron chi connectivity index (χ4n) is 1.97. The van der Waals surface area contributed by atoms with Crippen LogP contribution >= 0.6 is 0 Å². The Balaban J connectivity index is 2.29. The average Bonchev–Trinajstić information content (AvgIpc) is 2.48. The molecule has 0 saturated carbocycles. The van der Waals surface area contributed by atoms with E-state index in [1.165, 1.54) is 0 Å². The number of hydrogen-bond acceptors (Lipinski definition) is 4. The zero-order valence-corrected chi connectivity index (χ0v) is 12.7. The van der Waals surface area contributed by atoms with E-state index < -0.39 is 6.10 Å². The summed E-state index contributed by atoms with van der Waals surface area (Å²) in [5.41, 5.74) is 1.05. The van der Waals surface area contributed by atoms with Gasteiger partial charge in [0.25, 0.3) is 0 Å². The summed E-state index contributed by atoms with van der Waals surface area (Å²) in [5.74, 6) is 0.822. The Bertz CT molecular complexity index is 407. The second-order valence-corrected chi connectivity index (χ2v) is 4.81. The summed E-state index contributed by atoms with van der Waals surface area (Å²) in [4.78, 5) is 2.06. The molecule has 0 aliphatic heterocycles. The molecule has 4 nitrogen and oxygen atoms in total. The lowest BCUT2D eigenvalue weighted by Crippen LogP contribution is -2.35. The van der Waals surface area contributed by atoms with Gasteiger partial charge in [0.05, 0.1) is 26.4 Å². The van der Waals surface area contributed by atoms with Crippen molar-refractivity contribution in [3.8, 4) is 5.75 Å². The third kappa shape index (κ3) is 7.09. The van der Waals surface area contributed by atoms with Crippen molar-refractivity contribution < 1.29 is 14.6 Å². The standard InChI is InChI=1S/C17H25NO3/c1-4-10-18(11-5-2)12-16(19)14-21-13-15-6-8-17(20-3)9-7-15/h4-9,16,19H,1-2,10-14H2,3H3/t16-/m0/s1. The van der Waals surface area contributed by atoms with Gasteiger partial charge in [-0.05, 0) is 17.7 Å². The molecule has 4 heteroatoms. The monoisotopic (exact) mass is 291 g/mol. The van der Waals surface area contributed by atoms with Crippen molar-refractivity contribution in [3.05, 3.63) is 55.1 Å². The normalized spacial score (nSPS) is 12.1. The molecule has 1 aromatic carbocycles. The molecule has 0 radical (unpaired) electrons. The van der Waals surface area contributed by atoms with Crippen LogP contribution in [0.25, 0.3) is 0 Å². The van der Waals surface area contributed by atoms with Crippen molar-refractivity contribution in [2.75, 3.05) is 33.4 Å². The van der Waals surface area contributed by atoms with Crippen molar-refractivity contribution in [3.63, 3.8) is 0 Å². The number of hydrogen-bond donors (Lipinski definition) is 1. The minimum Gasteiger partial charge on any atom is -0.497 e. The van der Waals surface area contributed by atoms with E-state index in [4.69, 9.17) is 9.47 Å². The van der Waals surface area contributed by atoms with E-state index >= 15 is 0 Å². The number of rotatable bonds is 11. The van der Waals surface area contributed by atoms with Crippen LogP contribution in [0.1, 0.15) is 5.56 Å². The molecule has 21 heavy (non-hydrogen) atoms. The summed E-state index contributed by atoms with van der Waals surface area (Å²) >= 11 is 0. The van der Waals surface area contributed by atoms with Gasteiger partial charge in [-0.2, -0.15) is 0 Å². The molecule has 0 aromatic heterocycles. The van der Waals surface area contributed by atoms with Crippen LogP contribution in [0.3, 0.4) is 0 Å². The third-order valence-corrected chi connectivity index (χ3v) is 2.98. The van der Waals surface area contributed by atoms with Crippen molar-refractivity contribution in [2.24, 2.45) is 0 Å². The minimum absolute atomic E-state index is 0.302. The van der Waals surface area contributed by atoms with E-state index in [9.17, 15) is 5.11 Å². The van der Waals surface area contributed by atoms with Crippen LogP contribution in [-0.4, -0.2) is 49.5 Å². The molecule has 116 valence electrons. The lowest BCUT2D eigenvalue weighted by atomic mass is 10.2. The lowest BCUT2D eigenvalue weighted by Gasteiger charge is -2.22. The minimum atomic E-state index is -0.525. The van der Waals surface area contributed by atoms with Gasteiger partial charge in [0.15, 0.2) is 0 Å². The Morgan fingerprint density at radius 3 is 2.33 bits per heavy atom. The number of ether oxygens (including phenoxy) is 2. The van der Waals surface area contributed by atoms with E-state index in [0.717, 1.165) is 24.4 Å². The molecule has 0 amide bonds. The largest absolute Gasteiger partial charge is 0.497 e. The van der Waals surface area contributed by atoms with E-state index in [2.05, 4.69) is 18.1 Å². The first kappa shape index (κ1) is 17.4. The molecule has 1 N–H and O–H groups in total. The molecule has 1 atom stereocenters.